The van der Waals surface area contributed by atoms with E-state index in [9.17, 15) is 0 Å². The number of allylic oxidation sites excluding steroid dienone is 1. The molecule has 0 radical (unpaired) electrons. The summed E-state index contributed by atoms with van der Waals surface area (Å²) in [5.41, 5.74) is 2.38. The van der Waals surface area contributed by atoms with E-state index < -0.39 is 0 Å². The third-order valence-corrected chi connectivity index (χ3v) is 1.05. The molecule has 0 aliphatic carbocycles. The Balaban J connectivity index is 2.85. The SMILES string of the molecule is CC/C=C/CCONOCC. The molecule has 0 rings (SSSR count). The topological polar surface area (TPSA) is 30.5 Å². The van der Waals surface area contributed by atoms with Gasteiger partial charge in [0, 0.05) is 0 Å². The second-order valence-corrected chi connectivity index (χ2v) is 2.03. The Morgan fingerprint density at radius 1 is 1.18 bits per heavy atom. The maximum Gasteiger partial charge on any atom is 0.0743 e. The fourth-order valence-electron chi connectivity index (χ4n) is 0.554. The van der Waals surface area contributed by atoms with Crippen LogP contribution >= 0.6 is 0 Å². The fraction of sp³-hybridized carbons (Fsp3) is 0.750. The summed E-state index contributed by atoms with van der Waals surface area (Å²) in [5, 5.41) is 0. The Morgan fingerprint density at radius 3 is 2.64 bits per heavy atom. The Labute approximate surface area is 68.3 Å². The van der Waals surface area contributed by atoms with Gasteiger partial charge < -0.3 is 0 Å². The molecule has 0 aliphatic rings. The summed E-state index contributed by atoms with van der Waals surface area (Å²) in [7, 11) is 0. The van der Waals surface area contributed by atoms with Gasteiger partial charge in [-0.2, -0.15) is 0 Å². The molecule has 11 heavy (non-hydrogen) atoms. The normalized spacial score (nSPS) is 11.1. The van der Waals surface area contributed by atoms with E-state index in [-0.39, 0.29) is 0 Å². The van der Waals surface area contributed by atoms with Gasteiger partial charge in [-0.15, -0.1) is 0 Å². The molecule has 0 saturated heterocycles. The summed E-state index contributed by atoms with van der Waals surface area (Å²) in [6.45, 7) is 5.27. The van der Waals surface area contributed by atoms with Crippen molar-refractivity contribution < 1.29 is 9.68 Å². The standard InChI is InChI=1S/C8H17NO2/c1-3-5-6-7-8-11-9-10-4-2/h5-6,9H,3-4,7-8H2,1-2H3/b6-5+. The molecule has 0 unspecified atom stereocenters. The van der Waals surface area contributed by atoms with Gasteiger partial charge >= 0.3 is 0 Å². The van der Waals surface area contributed by atoms with Crippen LogP contribution in [0.25, 0.3) is 0 Å². The summed E-state index contributed by atoms with van der Waals surface area (Å²) in [6.07, 6.45) is 6.21. The summed E-state index contributed by atoms with van der Waals surface area (Å²) in [6, 6.07) is 0. The molecule has 1 N–H and O–H groups in total. The molecule has 0 bridgehead atoms. The molecule has 3 nitrogen and oxygen atoms in total. The van der Waals surface area contributed by atoms with Gasteiger partial charge in [-0.05, 0) is 19.8 Å². The third kappa shape index (κ3) is 9.62. The Bertz CT molecular complexity index is 94.1. The Kier molecular flexibility index (Phi) is 9.29. The van der Waals surface area contributed by atoms with Crippen LogP contribution in [0.5, 0.6) is 0 Å². The number of hydrogen-bond acceptors (Lipinski definition) is 3. The van der Waals surface area contributed by atoms with Gasteiger partial charge in [0.2, 0.25) is 0 Å². The molecule has 0 aromatic carbocycles. The molecule has 0 fully saturated rings. The maximum absolute atomic E-state index is 4.90. The molecule has 0 aromatic heterocycles. The van der Waals surface area contributed by atoms with E-state index in [1.54, 1.807) is 0 Å². The van der Waals surface area contributed by atoms with Gasteiger partial charge in [-0.25, -0.2) is 0 Å². The molecule has 0 spiro atoms. The number of nitrogens with one attached hydrogen (secondary N) is 1. The van der Waals surface area contributed by atoms with Crippen LogP contribution in [0, 0.1) is 0 Å². The first-order valence-electron chi connectivity index (χ1n) is 4.05. The molecular formula is C8H17NO2. The predicted octanol–water partition coefficient (Wildman–Crippen LogP) is 1.82. The summed E-state index contributed by atoms with van der Waals surface area (Å²) >= 11 is 0. The molecule has 0 amide bonds. The highest BCUT2D eigenvalue weighted by molar-refractivity contribution is 4.79. The fourth-order valence-corrected chi connectivity index (χ4v) is 0.554. The van der Waals surface area contributed by atoms with Crippen molar-refractivity contribution in [3.05, 3.63) is 12.2 Å². The van der Waals surface area contributed by atoms with Crippen LogP contribution in [0.4, 0.5) is 0 Å². The summed E-state index contributed by atoms with van der Waals surface area (Å²) in [5.74, 6) is 0. The van der Waals surface area contributed by atoms with Crippen LogP contribution in [0.2, 0.25) is 0 Å². The van der Waals surface area contributed by atoms with E-state index in [1.165, 1.54) is 0 Å². The van der Waals surface area contributed by atoms with E-state index in [2.05, 4.69) is 24.7 Å². The van der Waals surface area contributed by atoms with Crippen molar-refractivity contribution in [1.82, 2.24) is 5.64 Å². The van der Waals surface area contributed by atoms with Crippen LogP contribution in [0.3, 0.4) is 0 Å². The predicted molar refractivity (Wildman–Crippen MR) is 44.8 cm³/mol. The van der Waals surface area contributed by atoms with Crippen molar-refractivity contribution in [3.63, 3.8) is 0 Å². The van der Waals surface area contributed by atoms with Gasteiger partial charge in [0.15, 0.2) is 0 Å². The van der Waals surface area contributed by atoms with Gasteiger partial charge in [0.05, 0.1) is 13.2 Å². The van der Waals surface area contributed by atoms with Crippen molar-refractivity contribution in [1.29, 1.82) is 0 Å². The van der Waals surface area contributed by atoms with Gasteiger partial charge in [-0.1, -0.05) is 24.7 Å². The number of hydrogen-bond donors (Lipinski definition) is 1. The summed E-state index contributed by atoms with van der Waals surface area (Å²) < 4.78 is 0. The second kappa shape index (κ2) is 9.62. The monoisotopic (exact) mass is 159 g/mol. The van der Waals surface area contributed by atoms with E-state index in [1.807, 2.05) is 6.92 Å². The largest absolute Gasteiger partial charge is 0.277 e. The molecule has 0 heterocycles. The first kappa shape index (κ1) is 10.6. The van der Waals surface area contributed by atoms with Crippen LogP contribution in [-0.4, -0.2) is 13.2 Å². The minimum atomic E-state index is 0.616. The average molecular weight is 159 g/mol. The zero-order valence-corrected chi connectivity index (χ0v) is 7.30. The molecule has 0 aliphatic heterocycles. The third-order valence-electron chi connectivity index (χ3n) is 1.05. The van der Waals surface area contributed by atoms with Gasteiger partial charge in [-0.3, -0.25) is 9.68 Å². The zero-order chi connectivity index (χ0) is 8.36. The van der Waals surface area contributed by atoms with Crippen LogP contribution in [0.1, 0.15) is 26.7 Å². The van der Waals surface area contributed by atoms with Crippen LogP contribution in [-0.2, 0) is 9.68 Å². The van der Waals surface area contributed by atoms with Crippen molar-refractivity contribution in [2.45, 2.75) is 26.7 Å². The van der Waals surface area contributed by atoms with E-state index >= 15 is 0 Å². The van der Waals surface area contributed by atoms with Crippen molar-refractivity contribution in [2.75, 3.05) is 13.2 Å². The molecule has 66 valence electrons. The van der Waals surface area contributed by atoms with Gasteiger partial charge in [0.1, 0.15) is 0 Å². The molecule has 0 aromatic rings. The molecular weight excluding hydrogens is 142 g/mol. The first-order chi connectivity index (χ1) is 5.41. The van der Waals surface area contributed by atoms with E-state index in [4.69, 9.17) is 9.68 Å². The molecule has 0 atom stereocenters. The molecule has 0 saturated carbocycles. The van der Waals surface area contributed by atoms with Crippen molar-refractivity contribution in [2.24, 2.45) is 0 Å². The lowest BCUT2D eigenvalue weighted by atomic mass is 10.3. The number of rotatable bonds is 7. The Hall–Kier alpha value is -0.380. The minimum absolute atomic E-state index is 0.616. The van der Waals surface area contributed by atoms with Crippen LogP contribution < -0.4 is 5.64 Å². The smallest absolute Gasteiger partial charge is 0.0743 e. The minimum Gasteiger partial charge on any atom is -0.277 e. The van der Waals surface area contributed by atoms with Crippen molar-refractivity contribution in [3.8, 4) is 0 Å². The highest BCUT2D eigenvalue weighted by atomic mass is 16.9. The lowest BCUT2D eigenvalue weighted by molar-refractivity contribution is -0.166. The second-order valence-electron chi connectivity index (χ2n) is 2.03. The highest BCUT2D eigenvalue weighted by Crippen LogP contribution is 1.85. The van der Waals surface area contributed by atoms with E-state index in [0.29, 0.717) is 13.2 Å². The maximum atomic E-state index is 4.90. The van der Waals surface area contributed by atoms with Gasteiger partial charge in [0.25, 0.3) is 0 Å². The zero-order valence-electron chi connectivity index (χ0n) is 7.30. The first-order valence-corrected chi connectivity index (χ1v) is 4.05. The quantitative estimate of drug-likeness (QED) is 0.349. The lowest BCUT2D eigenvalue weighted by Gasteiger charge is -2.01. The highest BCUT2D eigenvalue weighted by Gasteiger charge is 1.82. The molecule has 3 heteroatoms. The Morgan fingerprint density at radius 2 is 2.00 bits per heavy atom. The van der Waals surface area contributed by atoms with Crippen LogP contribution in [0.15, 0.2) is 12.2 Å². The summed E-state index contributed by atoms with van der Waals surface area (Å²) in [4.78, 5) is 9.64. The lowest BCUT2D eigenvalue weighted by Crippen LogP contribution is -2.15. The van der Waals surface area contributed by atoms with Crippen molar-refractivity contribution >= 4 is 0 Å². The average Bonchev–Trinajstić information content (AvgIpc) is 2.03. The van der Waals surface area contributed by atoms with E-state index in [0.717, 1.165) is 12.8 Å².